The summed E-state index contributed by atoms with van der Waals surface area (Å²) in [5.74, 6) is 0.416. The lowest BCUT2D eigenvalue weighted by Gasteiger charge is -2.20. The highest BCUT2D eigenvalue weighted by molar-refractivity contribution is 5.97. The SMILES string of the molecule is CC(CO)C(C)NC(=O)c1ccccc1OCCN(C)C. The second-order valence-electron chi connectivity index (χ2n) is 5.57. The molecule has 5 heteroatoms. The zero-order valence-electron chi connectivity index (χ0n) is 13.3. The van der Waals surface area contributed by atoms with Crippen LogP contribution in [0.25, 0.3) is 0 Å². The van der Waals surface area contributed by atoms with Crippen LogP contribution in [0.3, 0.4) is 0 Å². The number of nitrogens with zero attached hydrogens (tertiary/aromatic N) is 1. The standard InChI is InChI=1S/C16H26N2O3/c1-12(11-19)13(2)17-16(20)14-7-5-6-8-15(14)21-10-9-18(3)4/h5-8,12-13,19H,9-11H2,1-4H3,(H,17,20). The number of hydrogen-bond acceptors (Lipinski definition) is 4. The van der Waals surface area contributed by atoms with Crippen molar-refractivity contribution in [2.24, 2.45) is 5.92 Å². The van der Waals surface area contributed by atoms with Gasteiger partial charge in [-0.05, 0) is 39.1 Å². The molecule has 2 N–H and O–H groups in total. The molecule has 0 heterocycles. The molecule has 0 spiro atoms. The lowest BCUT2D eigenvalue weighted by Crippen LogP contribution is -2.38. The van der Waals surface area contributed by atoms with Gasteiger partial charge in [0.25, 0.3) is 5.91 Å². The summed E-state index contributed by atoms with van der Waals surface area (Å²) in [6, 6.07) is 7.11. The van der Waals surface area contributed by atoms with Gasteiger partial charge in [0.1, 0.15) is 12.4 Å². The number of likely N-dealkylation sites (N-methyl/N-ethyl adjacent to an activating group) is 1. The zero-order chi connectivity index (χ0) is 15.8. The van der Waals surface area contributed by atoms with Crippen LogP contribution in [-0.2, 0) is 0 Å². The van der Waals surface area contributed by atoms with Crippen LogP contribution in [0.2, 0.25) is 0 Å². The Labute approximate surface area is 126 Å². The van der Waals surface area contributed by atoms with E-state index in [1.54, 1.807) is 12.1 Å². The maximum absolute atomic E-state index is 12.3. The molecule has 0 saturated carbocycles. The minimum absolute atomic E-state index is 0.00997. The van der Waals surface area contributed by atoms with Crippen molar-refractivity contribution < 1.29 is 14.6 Å². The number of para-hydroxylation sites is 1. The molecule has 0 aliphatic heterocycles. The molecular formula is C16H26N2O3. The third-order valence-electron chi connectivity index (χ3n) is 3.43. The Morgan fingerprint density at radius 3 is 2.62 bits per heavy atom. The van der Waals surface area contributed by atoms with Crippen molar-refractivity contribution in [1.82, 2.24) is 10.2 Å². The minimum atomic E-state index is -0.178. The first-order valence-electron chi connectivity index (χ1n) is 7.24. The second kappa shape index (κ2) is 8.64. The van der Waals surface area contributed by atoms with E-state index in [0.29, 0.717) is 17.9 Å². The molecular weight excluding hydrogens is 268 g/mol. The lowest BCUT2D eigenvalue weighted by atomic mass is 10.0. The van der Waals surface area contributed by atoms with Gasteiger partial charge in [-0.2, -0.15) is 0 Å². The highest BCUT2D eigenvalue weighted by Crippen LogP contribution is 2.18. The number of nitrogens with one attached hydrogen (secondary N) is 1. The molecule has 0 fully saturated rings. The van der Waals surface area contributed by atoms with Gasteiger partial charge in [-0.3, -0.25) is 4.79 Å². The van der Waals surface area contributed by atoms with E-state index in [1.807, 2.05) is 45.0 Å². The molecule has 1 amide bonds. The van der Waals surface area contributed by atoms with Gasteiger partial charge < -0.3 is 20.1 Å². The first-order chi connectivity index (χ1) is 9.95. The Morgan fingerprint density at radius 1 is 1.33 bits per heavy atom. The number of aliphatic hydroxyl groups is 1. The third kappa shape index (κ3) is 5.73. The van der Waals surface area contributed by atoms with E-state index in [9.17, 15) is 4.79 Å². The summed E-state index contributed by atoms with van der Waals surface area (Å²) in [7, 11) is 3.94. The molecule has 5 nitrogen and oxygen atoms in total. The number of ether oxygens (including phenoxy) is 1. The summed E-state index contributed by atoms with van der Waals surface area (Å²) in [6.45, 7) is 5.13. The monoisotopic (exact) mass is 294 g/mol. The predicted molar refractivity (Wildman–Crippen MR) is 83.7 cm³/mol. The molecule has 0 aliphatic rings. The van der Waals surface area contributed by atoms with E-state index in [0.717, 1.165) is 6.54 Å². The van der Waals surface area contributed by atoms with Crippen LogP contribution in [-0.4, -0.2) is 55.8 Å². The van der Waals surface area contributed by atoms with Crippen molar-refractivity contribution in [2.75, 3.05) is 33.9 Å². The molecule has 0 saturated heterocycles. The van der Waals surface area contributed by atoms with E-state index < -0.39 is 0 Å². The van der Waals surface area contributed by atoms with Crippen LogP contribution in [0.5, 0.6) is 5.75 Å². The van der Waals surface area contributed by atoms with Gasteiger partial charge in [-0.15, -0.1) is 0 Å². The van der Waals surface area contributed by atoms with Crippen molar-refractivity contribution in [2.45, 2.75) is 19.9 Å². The van der Waals surface area contributed by atoms with Gasteiger partial charge in [0.15, 0.2) is 0 Å². The van der Waals surface area contributed by atoms with Crippen LogP contribution in [0.4, 0.5) is 0 Å². The van der Waals surface area contributed by atoms with Crippen molar-refractivity contribution >= 4 is 5.91 Å². The number of amides is 1. The highest BCUT2D eigenvalue weighted by atomic mass is 16.5. The van der Waals surface area contributed by atoms with Gasteiger partial charge in [-0.1, -0.05) is 19.1 Å². The topological polar surface area (TPSA) is 61.8 Å². The molecule has 1 aromatic carbocycles. The minimum Gasteiger partial charge on any atom is -0.491 e. The quantitative estimate of drug-likeness (QED) is 0.760. The van der Waals surface area contributed by atoms with Crippen LogP contribution in [0.15, 0.2) is 24.3 Å². The molecule has 1 aromatic rings. The number of benzene rings is 1. The molecule has 0 radical (unpaired) electrons. The fraction of sp³-hybridized carbons (Fsp3) is 0.562. The summed E-state index contributed by atoms with van der Waals surface area (Å²) >= 11 is 0. The Kier molecular flexibility index (Phi) is 7.19. The van der Waals surface area contributed by atoms with Crippen LogP contribution < -0.4 is 10.1 Å². The highest BCUT2D eigenvalue weighted by Gasteiger charge is 2.17. The number of carbonyl (C=O) groups excluding carboxylic acids is 1. The fourth-order valence-corrected chi connectivity index (χ4v) is 1.70. The van der Waals surface area contributed by atoms with E-state index >= 15 is 0 Å². The molecule has 118 valence electrons. The summed E-state index contributed by atoms with van der Waals surface area (Å²) in [5, 5.41) is 12.0. The molecule has 2 atom stereocenters. The first kappa shape index (κ1) is 17.5. The molecule has 2 unspecified atom stereocenters. The van der Waals surface area contributed by atoms with Crippen molar-refractivity contribution in [3.05, 3.63) is 29.8 Å². The summed E-state index contributed by atoms with van der Waals surface area (Å²) in [6.07, 6.45) is 0. The summed E-state index contributed by atoms with van der Waals surface area (Å²) < 4.78 is 5.69. The fourth-order valence-electron chi connectivity index (χ4n) is 1.70. The number of hydrogen-bond donors (Lipinski definition) is 2. The molecule has 21 heavy (non-hydrogen) atoms. The molecule has 0 aliphatic carbocycles. The van der Waals surface area contributed by atoms with Crippen LogP contribution >= 0.6 is 0 Å². The Morgan fingerprint density at radius 2 is 2.00 bits per heavy atom. The second-order valence-corrected chi connectivity index (χ2v) is 5.57. The van der Waals surface area contributed by atoms with Gasteiger partial charge in [0, 0.05) is 19.2 Å². The van der Waals surface area contributed by atoms with E-state index in [4.69, 9.17) is 9.84 Å². The average Bonchev–Trinajstić information content (AvgIpc) is 2.46. The van der Waals surface area contributed by atoms with Crippen molar-refractivity contribution in [3.63, 3.8) is 0 Å². The molecule has 1 rings (SSSR count). The number of carbonyl (C=O) groups is 1. The lowest BCUT2D eigenvalue weighted by molar-refractivity contribution is 0.0912. The summed E-state index contributed by atoms with van der Waals surface area (Å²) in [4.78, 5) is 14.3. The van der Waals surface area contributed by atoms with Gasteiger partial charge >= 0.3 is 0 Å². The maximum Gasteiger partial charge on any atom is 0.255 e. The number of aliphatic hydroxyl groups excluding tert-OH is 1. The molecule has 0 bridgehead atoms. The van der Waals surface area contributed by atoms with Crippen molar-refractivity contribution in [3.8, 4) is 5.75 Å². The van der Waals surface area contributed by atoms with Gasteiger partial charge in [0.2, 0.25) is 0 Å². The van der Waals surface area contributed by atoms with E-state index in [-0.39, 0.29) is 24.5 Å². The average molecular weight is 294 g/mol. The first-order valence-corrected chi connectivity index (χ1v) is 7.24. The largest absolute Gasteiger partial charge is 0.491 e. The number of rotatable bonds is 8. The summed E-state index contributed by atoms with van der Waals surface area (Å²) in [5.41, 5.74) is 0.522. The zero-order valence-corrected chi connectivity index (χ0v) is 13.3. The maximum atomic E-state index is 12.3. The van der Waals surface area contributed by atoms with Gasteiger partial charge in [0.05, 0.1) is 5.56 Å². The van der Waals surface area contributed by atoms with E-state index in [2.05, 4.69) is 5.32 Å². The molecule has 0 aromatic heterocycles. The normalized spacial score (nSPS) is 13.8. The Hall–Kier alpha value is -1.59. The smallest absolute Gasteiger partial charge is 0.255 e. The van der Waals surface area contributed by atoms with E-state index in [1.165, 1.54) is 0 Å². The third-order valence-corrected chi connectivity index (χ3v) is 3.43. The predicted octanol–water partition coefficient (Wildman–Crippen LogP) is 1.37. The Balaban J connectivity index is 2.70. The van der Waals surface area contributed by atoms with Crippen molar-refractivity contribution in [1.29, 1.82) is 0 Å². The Bertz CT molecular complexity index is 449. The van der Waals surface area contributed by atoms with Gasteiger partial charge in [-0.25, -0.2) is 0 Å². The van der Waals surface area contributed by atoms with Crippen LogP contribution in [0, 0.1) is 5.92 Å². The van der Waals surface area contributed by atoms with Crippen LogP contribution in [0.1, 0.15) is 24.2 Å².